The molecule has 0 fully saturated rings. The van der Waals surface area contributed by atoms with Gasteiger partial charge in [-0.2, -0.15) is 5.10 Å². The lowest BCUT2D eigenvalue weighted by Gasteiger charge is -2.27. The number of methoxy groups -OCH3 is 1. The Hall–Kier alpha value is -1.97. The van der Waals surface area contributed by atoms with Crippen molar-refractivity contribution in [3.63, 3.8) is 0 Å². The second-order valence-corrected chi connectivity index (χ2v) is 5.19. The summed E-state index contributed by atoms with van der Waals surface area (Å²) in [5.41, 5.74) is 3.66. The first-order chi connectivity index (χ1) is 9.76. The number of ether oxygens (including phenoxy) is 1. The molecule has 2 heterocycles. The van der Waals surface area contributed by atoms with Crippen LogP contribution in [0.4, 0.5) is 5.82 Å². The van der Waals surface area contributed by atoms with E-state index in [4.69, 9.17) is 9.84 Å². The number of nitrogens with one attached hydrogen (secondary N) is 1. The molecule has 1 atom stereocenters. The fourth-order valence-corrected chi connectivity index (χ4v) is 3.02. The van der Waals surface area contributed by atoms with Crippen molar-refractivity contribution in [3.05, 3.63) is 41.1 Å². The first-order valence-corrected chi connectivity index (χ1v) is 7.21. The van der Waals surface area contributed by atoms with E-state index in [1.165, 1.54) is 16.8 Å². The predicted molar refractivity (Wildman–Crippen MR) is 80.6 cm³/mol. The zero-order valence-electron chi connectivity index (χ0n) is 12.3. The maximum absolute atomic E-state index is 5.52. The van der Waals surface area contributed by atoms with Crippen LogP contribution in [0.3, 0.4) is 0 Å². The van der Waals surface area contributed by atoms with Crippen LogP contribution in [0.1, 0.15) is 36.2 Å². The molecule has 1 aliphatic heterocycles. The van der Waals surface area contributed by atoms with E-state index in [9.17, 15) is 0 Å². The number of aryl methyl sites for hydroxylation is 1. The SMILES string of the molecule is CCc1nn2c(c1C)NCCC2c1ccccc1OC. The molecule has 3 rings (SSSR count). The van der Waals surface area contributed by atoms with Gasteiger partial charge in [-0.15, -0.1) is 0 Å². The molecule has 1 aliphatic rings. The van der Waals surface area contributed by atoms with Crippen molar-refractivity contribution in [2.24, 2.45) is 0 Å². The van der Waals surface area contributed by atoms with Crippen molar-refractivity contribution in [1.82, 2.24) is 9.78 Å². The molecule has 1 aromatic carbocycles. The van der Waals surface area contributed by atoms with E-state index >= 15 is 0 Å². The van der Waals surface area contributed by atoms with E-state index in [2.05, 4.69) is 36.0 Å². The second-order valence-electron chi connectivity index (χ2n) is 5.19. The van der Waals surface area contributed by atoms with Crippen LogP contribution in [-0.4, -0.2) is 23.4 Å². The first kappa shape index (κ1) is 13.0. The van der Waals surface area contributed by atoms with E-state index in [-0.39, 0.29) is 6.04 Å². The van der Waals surface area contributed by atoms with Crippen LogP contribution in [0.5, 0.6) is 5.75 Å². The van der Waals surface area contributed by atoms with Crippen LogP contribution in [0.25, 0.3) is 0 Å². The van der Waals surface area contributed by atoms with Gasteiger partial charge in [0.25, 0.3) is 0 Å². The van der Waals surface area contributed by atoms with Gasteiger partial charge in [-0.3, -0.25) is 0 Å². The highest BCUT2D eigenvalue weighted by Gasteiger charge is 2.27. The van der Waals surface area contributed by atoms with Crippen LogP contribution in [-0.2, 0) is 6.42 Å². The topological polar surface area (TPSA) is 39.1 Å². The van der Waals surface area contributed by atoms with Gasteiger partial charge in [0.15, 0.2) is 0 Å². The van der Waals surface area contributed by atoms with Gasteiger partial charge in [-0.25, -0.2) is 4.68 Å². The fourth-order valence-electron chi connectivity index (χ4n) is 3.02. The standard InChI is InChI=1S/C16H21N3O/c1-4-13-11(2)16-17-10-9-14(19(16)18-13)12-7-5-6-8-15(12)20-3/h5-8,14,17H,4,9-10H2,1-3H3. The summed E-state index contributed by atoms with van der Waals surface area (Å²) >= 11 is 0. The van der Waals surface area contributed by atoms with Crippen molar-refractivity contribution in [3.8, 4) is 5.75 Å². The lowest BCUT2D eigenvalue weighted by atomic mass is 10.0. The van der Waals surface area contributed by atoms with Crippen LogP contribution in [0.15, 0.2) is 24.3 Å². The zero-order valence-corrected chi connectivity index (χ0v) is 12.3. The molecular formula is C16H21N3O. The Labute approximate surface area is 119 Å². The summed E-state index contributed by atoms with van der Waals surface area (Å²) in [5.74, 6) is 2.10. The smallest absolute Gasteiger partial charge is 0.128 e. The van der Waals surface area contributed by atoms with Gasteiger partial charge in [-0.1, -0.05) is 25.1 Å². The number of hydrogen-bond acceptors (Lipinski definition) is 3. The highest BCUT2D eigenvalue weighted by molar-refractivity contribution is 5.50. The largest absolute Gasteiger partial charge is 0.496 e. The molecule has 4 nitrogen and oxygen atoms in total. The van der Waals surface area contributed by atoms with Crippen molar-refractivity contribution in [2.75, 3.05) is 19.0 Å². The molecule has 4 heteroatoms. The molecule has 0 aliphatic carbocycles. The molecule has 2 aromatic rings. The number of nitrogens with zero attached hydrogens (tertiary/aromatic N) is 2. The van der Waals surface area contributed by atoms with Crippen LogP contribution < -0.4 is 10.1 Å². The van der Waals surface area contributed by atoms with Gasteiger partial charge >= 0.3 is 0 Å². The van der Waals surface area contributed by atoms with Gasteiger partial charge < -0.3 is 10.1 Å². The Morgan fingerprint density at radius 2 is 2.20 bits per heavy atom. The molecule has 106 valence electrons. The quantitative estimate of drug-likeness (QED) is 0.932. The summed E-state index contributed by atoms with van der Waals surface area (Å²) < 4.78 is 7.65. The van der Waals surface area contributed by atoms with Crippen molar-refractivity contribution in [1.29, 1.82) is 0 Å². The highest BCUT2D eigenvalue weighted by Crippen LogP contribution is 2.36. The van der Waals surface area contributed by atoms with Gasteiger partial charge in [-0.05, 0) is 25.8 Å². The lowest BCUT2D eigenvalue weighted by Crippen LogP contribution is -2.25. The van der Waals surface area contributed by atoms with Crippen molar-refractivity contribution in [2.45, 2.75) is 32.7 Å². The normalized spacial score (nSPS) is 17.4. The number of anilines is 1. The van der Waals surface area contributed by atoms with Crippen LogP contribution in [0.2, 0.25) is 0 Å². The van der Waals surface area contributed by atoms with Crippen molar-refractivity contribution >= 4 is 5.82 Å². The minimum atomic E-state index is 0.251. The molecule has 1 N–H and O–H groups in total. The fraction of sp³-hybridized carbons (Fsp3) is 0.438. The molecular weight excluding hydrogens is 250 g/mol. The number of para-hydroxylation sites is 1. The summed E-state index contributed by atoms with van der Waals surface area (Å²) in [4.78, 5) is 0. The molecule has 0 saturated heterocycles. The molecule has 1 unspecified atom stereocenters. The van der Waals surface area contributed by atoms with Crippen molar-refractivity contribution < 1.29 is 4.74 Å². The third-order valence-corrected chi connectivity index (χ3v) is 4.08. The third-order valence-electron chi connectivity index (χ3n) is 4.08. The summed E-state index contributed by atoms with van der Waals surface area (Å²) in [7, 11) is 1.73. The van der Waals surface area contributed by atoms with E-state index in [1.54, 1.807) is 7.11 Å². The second kappa shape index (κ2) is 5.19. The third kappa shape index (κ3) is 1.96. The molecule has 0 radical (unpaired) electrons. The molecule has 20 heavy (non-hydrogen) atoms. The van der Waals surface area contributed by atoms with Gasteiger partial charge in [0.2, 0.25) is 0 Å². The number of hydrogen-bond donors (Lipinski definition) is 1. The molecule has 0 spiro atoms. The van der Waals surface area contributed by atoms with E-state index in [0.717, 1.165) is 31.0 Å². The van der Waals surface area contributed by atoms with E-state index in [0.29, 0.717) is 0 Å². The minimum absolute atomic E-state index is 0.251. The Bertz CT molecular complexity index is 618. The maximum atomic E-state index is 5.52. The first-order valence-electron chi connectivity index (χ1n) is 7.21. The van der Waals surface area contributed by atoms with Crippen LogP contribution in [0, 0.1) is 6.92 Å². The lowest BCUT2D eigenvalue weighted by molar-refractivity contribution is 0.391. The Morgan fingerprint density at radius 3 is 2.95 bits per heavy atom. The van der Waals surface area contributed by atoms with Gasteiger partial charge in [0, 0.05) is 17.7 Å². The Morgan fingerprint density at radius 1 is 1.40 bits per heavy atom. The van der Waals surface area contributed by atoms with E-state index in [1.807, 2.05) is 12.1 Å². The summed E-state index contributed by atoms with van der Waals surface area (Å²) in [6, 6.07) is 8.49. The molecule has 1 aromatic heterocycles. The zero-order chi connectivity index (χ0) is 14.1. The minimum Gasteiger partial charge on any atom is -0.496 e. The number of fused-ring (bicyclic) bond motifs is 1. The summed E-state index contributed by atoms with van der Waals surface area (Å²) in [5, 5.41) is 8.28. The monoisotopic (exact) mass is 271 g/mol. The van der Waals surface area contributed by atoms with Crippen LogP contribution >= 0.6 is 0 Å². The predicted octanol–water partition coefficient (Wildman–Crippen LogP) is 3.17. The Balaban J connectivity index is 2.10. The average Bonchev–Trinajstić information content (AvgIpc) is 2.84. The number of rotatable bonds is 3. The number of aromatic nitrogens is 2. The molecule has 0 saturated carbocycles. The maximum Gasteiger partial charge on any atom is 0.128 e. The number of benzene rings is 1. The summed E-state index contributed by atoms with van der Waals surface area (Å²) in [6.07, 6.45) is 1.99. The van der Waals surface area contributed by atoms with Gasteiger partial charge in [0.05, 0.1) is 18.8 Å². The summed E-state index contributed by atoms with van der Waals surface area (Å²) in [6.45, 7) is 5.27. The highest BCUT2D eigenvalue weighted by atomic mass is 16.5. The average molecular weight is 271 g/mol. The van der Waals surface area contributed by atoms with E-state index < -0.39 is 0 Å². The van der Waals surface area contributed by atoms with Gasteiger partial charge in [0.1, 0.15) is 11.6 Å². The Kier molecular flexibility index (Phi) is 3.38. The molecule has 0 amide bonds. The molecule has 0 bridgehead atoms.